The molecule has 0 aliphatic heterocycles. The molecule has 0 saturated heterocycles. The van der Waals surface area contributed by atoms with Crippen molar-refractivity contribution < 1.29 is 4.79 Å². The van der Waals surface area contributed by atoms with Gasteiger partial charge < -0.3 is 0 Å². The number of carbonyl (C=O) groups is 1. The second-order valence-corrected chi connectivity index (χ2v) is 5.94. The summed E-state index contributed by atoms with van der Waals surface area (Å²) in [7, 11) is 1.73. The lowest BCUT2D eigenvalue weighted by Crippen LogP contribution is -1.99. The van der Waals surface area contributed by atoms with Gasteiger partial charge in [0.25, 0.3) is 0 Å². The third-order valence-electron chi connectivity index (χ3n) is 3.77. The van der Waals surface area contributed by atoms with E-state index < -0.39 is 0 Å². The topological polar surface area (TPSA) is 52.7 Å². The van der Waals surface area contributed by atoms with Crippen LogP contribution < -0.4 is 0 Å². The molecule has 0 spiro atoms. The Bertz CT molecular complexity index is 922. The molecule has 1 aromatic carbocycles. The Labute approximate surface area is 145 Å². The van der Waals surface area contributed by atoms with E-state index in [4.69, 9.17) is 11.6 Å². The average molecular weight is 341 g/mol. The summed E-state index contributed by atoms with van der Waals surface area (Å²) in [6, 6.07) is 9.88. The highest BCUT2D eigenvalue weighted by Crippen LogP contribution is 2.20. The number of halogens is 1. The number of hydrogen-bond donors (Lipinski definition) is 0. The summed E-state index contributed by atoms with van der Waals surface area (Å²) in [5.41, 5.74) is 3.97. The third kappa shape index (κ3) is 3.03. The number of aromatic nitrogens is 4. The van der Waals surface area contributed by atoms with E-state index in [1.54, 1.807) is 19.3 Å². The second-order valence-electron chi connectivity index (χ2n) is 5.53. The minimum atomic E-state index is -0.230. The molecule has 5 nitrogen and oxygen atoms in total. The predicted octanol–water partition coefficient (Wildman–Crippen LogP) is 3.77. The Balaban J connectivity index is 1.92. The molecule has 0 fully saturated rings. The Morgan fingerprint density at radius 2 is 1.88 bits per heavy atom. The lowest BCUT2D eigenvalue weighted by molar-refractivity contribution is 0.104. The Morgan fingerprint density at radius 1 is 1.17 bits per heavy atom. The first-order chi connectivity index (χ1) is 11.5. The maximum absolute atomic E-state index is 12.3. The zero-order valence-corrected chi connectivity index (χ0v) is 14.4. The van der Waals surface area contributed by atoms with Crippen molar-refractivity contribution in [1.29, 1.82) is 0 Å². The molecule has 0 bridgehead atoms. The van der Waals surface area contributed by atoms with Crippen molar-refractivity contribution in [2.24, 2.45) is 7.05 Å². The fourth-order valence-corrected chi connectivity index (χ4v) is 2.85. The second kappa shape index (κ2) is 6.45. The fraction of sp³-hybridized carbons (Fsp3) is 0.167. The van der Waals surface area contributed by atoms with E-state index in [0.717, 1.165) is 22.6 Å². The Hall–Kier alpha value is -2.66. The number of ketones is 1. The molecule has 2 heterocycles. The lowest BCUT2D eigenvalue weighted by Gasteiger charge is -2.03. The smallest absolute Gasteiger partial charge is 0.207 e. The van der Waals surface area contributed by atoms with E-state index >= 15 is 0 Å². The summed E-state index contributed by atoms with van der Waals surface area (Å²) in [5, 5.41) is 8.99. The van der Waals surface area contributed by atoms with E-state index in [9.17, 15) is 4.79 Å². The van der Waals surface area contributed by atoms with Gasteiger partial charge in [-0.2, -0.15) is 10.2 Å². The summed E-state index contributed by atoms with van der Waals surface area (Å²) in [4.78, 5) is 12.3. The van der Waals surface area contributed by atoms with Crippen LogP contribution in [0.1, 0.15) is 27.4 Å². The fourth-order valence-electron chi connectivity index (χ4n) is 2.58. The quantitative estimate of drug-likeness (QED) is 0.536. The van der Waals surface area contributed by atoms with Gasteiger partial charge in [-0.15, -0.1) is 0 Å². The van der Waals surface area contributed by atoms with Crippen LogP contribution in [0, 0.1) is 13.8 Å². The van der Waals surface area contributed by atoms with E-state index in [0.29, 0.717) is 5.02 Å². The van der Waals surface area contributed by atoms with E-state index in [-0.39, 0.29) is 11.5 Å². The molecular formula is C18H17ClN4O. The van der Waals surface area contributed by atoms with Crippen molar-refractivity contribution in [3.8, 4) is 5.69 Å². The van der Waals surface area contributed by atoms with Crippen molar-refractivity contribution in [3.05, 3.63) is 70.3 Å². The van der Waals surface area contributed by atoms with Crippen molar-refractivity contribution in [1.82, 2.24) is 19.6 Å². The summed E-state index contributed by atoms with van der Waals surface area (Å²) >= 11 is 6.01. The molecule has 6 heteroatoms. The van der Waals surface area contributed by atoms with Gasteiger partial charge in [-0.25, -0.2) is 4.68 Å². The predicted molar refractivity (Wildman–Crippen MR) is 94.6 cm³/mol. The first kappa shape index (κ1) is 16.2. The zero-order chi connectivity index (χ0) is 17.3. The molecule has 0 unspecified atom stereocenters. The molecule has 0 saturated carbocycles. The van der Waals surface area contributed by atoms with Gasteiger partial charge in [0, 0.05) is 24.5 Å². The first-order valence-corrected chi connectivity index (χ1v) is 7.88. The van der Waals surface area contributed by atoms with Crippen molar-refractivity contribution >= 4 is 23.5 Å². The summed E-state index contributed by atoms with van der Waals surface area (Å²) < 4.78 is 3.39. The molecule has 3 rings (SSSR count). The van der Waals surface area contributed by atoms with Gasteiger partial charge in [-0.1, -0.05) is 29.8 Å². The average Bonchev–Trinajstić information content (AvgIpc) is 3.05. The molecule has 2 aromatic heterocycles. The van der Waals surface area contributed by atoms with Crippen LogP contribution in [0.4, 0.5) is 0 Å². The van der Waals surface area contributed by atoms with Crippen molar-refractivity contribution in [2.45, 2.75) is 13.8 Å². The monoisotopic (exact) mass is 340 g/mol. The lowest BCUT2D eigenvalue weighted by atomic mass is 10.1. The molecular weight excluding hydrogens is 324 g/mol. The molecule has 3 aromatic rings. The largest absolute Gasteiger partial charge is 0.287 e. The summed E-state index contributed by atoms with van der Waals surface area (Å²) in [5.74, 6) is -0.230. The summed E-state index contributed by atoms with van der Waals surface area (Å²) in [6.45, 7) is 3.90. The molecule has 0 aliphatic rings. The molecule has 0 amide bonds. The van der Waals surface area contributed by atoms with E-state index in [1.165, 1.54) is 10.8 Å². The number of allylic oxidation sites excluding steroid dienone is 1. The summed E-state index contributed by atoms with van der Waals surface area (Å²) in [6.07, 6.45) is 4.86. The highest BCUT2D eigenvalue weighted by Gasteiger charge is 2.14. The van der Waals surface area contributed by atoms with Gasteiger partial charge in [0.05, 0.1) is 16.4 Å². The minimum absolute atomic E-state index is 0.230. The Kier molecular flexibility index (Phi) is 4.36. The highest BCUT2D eigenvalue weighted by molar-refractivity contribution is 6.34. The number of rotatable bonds is 4. The van der Waals surface area contributed by atoms with Crippen molar-refractivity contribution in [3.63, 3.8) is 0 Å². The number of nitrogens with zero attached hydrogens (tertiary/aromatic N) is 4. The van der Waals surface area contributed by atoms with Gasteiger partial charge in [-0.3, -0.25) is 9.48 Å². The number of hydrogen-bond acceptors (Lipinski definition) is 3. The highest BCUT2D eigenvalue weighted by atomic mass is 35.5. The van der Waals surface area contributed by atoms with Crippen LogP contribution in [0.25, 0.3) is 11.8 Å². The van der Waals surface area contributed by atoms with Gasteiger partial charge in [0.2, 0.25) is 5.78 Å². The van der Waals surface area contributed by atoms with Crippen LogP contribution in [-0.4, -0.2) is 25.3 Å². The van der Waals surface area contributed by atoms with Crippen LogP contribution in [-0.2, 0) is 7.05 Å². The normalized spacial score (nSPS) is 11.3. The molecule has 0 atom stereocenters. The number of benzene rings is 1. The number of para-hydroxylation sites is 1. The van der Waals surface area contributed by atoms with E-state index in [2.05, 4.69) is 10.2 Å². The molecule has 122 valence electrons. The maximum atomic E-state index is 12.3. The van der Waals surface area contributed by atoms with Crippen molar-refractivity contribution in [2.75, 3.05) is 0 Å². The van der Waals surface area contributed by atoms with Crippen LogP contribution in [0.15, 0.2) is 42.6 Å². The van der Waals surface area contributed by atoms with Gasteiger partial charge >= 0.3 is 0 Å². The number of aryl methyl sites for hydroxylation is 2. The van der Waals surface area contributed by atoms with Crippen LogP contribution in [0.3, 0.4) is 0 Å². The minimum Gasteiger partial charge on any atom is -0.287 e. The van der Waals surface area contributed by atoms with Crippen LogP contribution >= 0.6 is 11.6 Å². The standard InChI is InChI=1S/C18H17ClN4O/c1-12-15(9-10-17(24)18-16(19)11-22(3)21-18)13(2)23(20-12)14-7-5-4-6-8-14/h4-11H,1-3H3/b10-9+. The van der Waals surface area contributed by atoms with Gasteiger partial charge in [0.15, 0.2) is 5.69 Å². The SMILES string of the molecule is Cc1nn(-c2ccccc2)c(C)c1/C=C/C(=O)c1nn(C)cc1Cl. The van der Waals surface area contributed by atoms with E-state index in [1.807, 2.05) is 48.9 Å². The van der Waals surface area contributed by atoms with Gasteiger partial charge in [0.1, 0.15) is 0 Å². The number of carbonyl (C=O) groups excluding carboxylic acids is 1. The molecule has 0 N–H and O–H groups in total. The van der Waals surface area contributed by atoms with Crippen LogP contribution in [0.5, 0.6) is 0 Å². The van der Waals surface area contributed by atoms with Crippen LogP contribution in [0.2, 0.25) is 5.02 Å². The Morgan fingerprint density at radius 3 is 2.50 bits per heavy atom. The maximum Gasteiger partial charge on any atom is 0.207 e. The first-order valence-electron chi connectivity index (χ1n) is 7.50. The molecule has 24 heavy (non-hydrogen) atoms. The third-order valence-corrected chi connectivity index (χ3v) is 4.04. The van der Waals surface area contributed by atoms with Gasteiger partial charge in [-0.05, 0) is 38.1 Å². The molecule has 0 aliphatic carbocycles. The molecule has 0 radical (unpaired) electrons. The zero-order valence-electron chi connectivity index (χ0n) is 13.7.